The van der Waals surface area contributed by atoms with Crippen molar-refractivity contribution in [2.45, 2.75) is 24.0 Å². The monoisotopic (exact) mass is 273 g/mol. The Kier molecular flexibility index (Phi) is 5.15. The van der Waals surface area contributed by atoms with Gasteiger partial charge in [0.1, 0.15) is 0 Å². The molecule has 94 valence electrons. The third kappa shape index (κ3) is 3.54. The number of thioether (sulfide) groups is 1. The lowest BCUT2D eigenvalue weighted by Gasteiger charge is -2.18. The van der Waals surface area contributed by atoms with Crippen LogP contribution in [0.15, 0.2) is 23.1 Å². The smallest absolute Gasteiger partial charge is 0.309 e. The molecule has 0 fully saturated rings. The molecule has 1 aromatic carbocycles. The highest BCUT2D eigenvalue weighted by atomic mass is 35.5. The molecule has 0 bridgehead atoms. The predicted molar refractivity (Wildman–Crippen MR) is 72.4 cm³/mol. The number of benzene rings is 1. The van der Waals surface area contributed by atoms with E-state index in [-0.39, 0.29) is 17.1 Å². The second kappa shape index (κ2) is 6.17. The number of halogens is 1. The highest BCUT2D eigenvalue weighted by Gasteiger charge is 2.23. The highest BCUT2D eigenvalue weighted by Crippen LogP contribution is 2.37. The first-order valence-corrected chi connectivity index (χ1v) is 6.51. The first kappa shape index (κ1) is 14.2. The lowest BCUT2D eigenvalue weighted by molar-refractivity contribution is -0.144. The fourth-order valence-corrected chi connectivity index (χ4v) is 2.70. The topological polar surface area (TPSA) is 52.3 Å². The average Bonchev–Trinajstić information content (AvgIpc) is 2.31. The van der Waals surface area contributed by atoms with Crippen molar-refractivity contribution in [2.24, 2.45) is 5.92 Å². The van der Waals surface area contributed by atoms with E-state index in [2.05, 4.69) is 0 Å². The summed E-state index contributed by atoms with van der Waals surface area (Å²) < 4.78 is 4.71. The molecule has 0 spiro atoms. The highest BCUT2D eigenvalue weighted by molar-refractivity contribution is 8.00. The molecule has 0 radical (unpaired) electrons. The molecular weight excluding hydrogens is 258 g/mol. The van der Waals surface area contributed by atoms with E-state index in [0.29, 0.717) is 10.7 Å². The third-order valence-electron chi connectivity index (χ3n) is 2.58. The number of hydrogen-bond donors (Lipinski definition) is 1. The van der Waals surface area contributed by atoms with Crippen LogP contribution in [0, 0.1) is 5.92 Å². The fraction of sp³-hybridized carbons (Fsp3) is 0.417. The average molecular weight is 274 g/mol. The van der Waals surface area contributed by atoms with Gasteiger partial charge in [0.15, 0.2) is 0 Å². The van der Waals surface area contributed by atoms with Crippen molar-refractivity contribution in [3.8, 4) is 0 Å². The van der Waals surface area contributed by atoms with Gasteiger partial charge in [0.05, 0.1) is 18.1 Å². The first-order chi connectivity index (χ1) is 7.97. The van der Waals surface area contributed by atoms with Crippen molar-refractivity contribution in [1.82, 2.24) is 0 Å². The molecule has 3 nitrogen and oxygen atoms in total. The summed E-state index contributed by atoms with van der Waals surface area (Å²) >= 11 is 7.57. The molecule has 2 unspecified atom stereocenters. The zero-order chi connectivity index (χ0) is 13.0. The third-order valence-corrected chi connectivity index (χ3v) is 4.48. The normalized spacial score (nSPS) is 14.1. The van der Waals surface area contributed by atoms with Crippen molar-refractivity contribution >= 4 is 35.0 Å². The lowest BCUT2D eigenvalue weighted by Crippen LogP contribution is -2.22. The van der Waals surface area contributed by atoms with E-state index < -0.39 is 0 Å². The van der Waals surface area contributed by atoms with Gasteiger partial charge in [-0.3, -0.25) is 4.79 Å². The number of anilines is 1. The molecule has 17 heavy (non-hydrogen) atoms. The molecule has 0 aromatic heterocycles. The summed E-state index contributed by atoms with van der Waals surface area (Å²) in [7, 11) is 1.39. The Morgan fingerprint density at radius 2 is 2.12 bits per heavy atom. The molecule has 1 rings (SSSR count). The number of carbonyl (C=O) groups excluding carboxylic acids is 1. The van der Waals surface area contributed by atoms with Crippen molar-refractivity contribution in [3.63, 3.8) is 0 Å². The van der Waals surface area contributed by atoms with Gasteiger partial charge in [-0.05, 0) is 12.1 Å². The number of esters is 1. The summed E-state index contributed by atoms with van der Waals surface area (Å²) in [6.07, 6.45) is 0. The molecule has 0 aliphatic rings. The Labute approximate surface area is 111 Å². The maximum absolute atomic E-state index is 11.4. The lowest BCUT2D eigenvalue weighted by atomic mass is 10.1. The summed E-state index contributed by atoms with van der Waals surface area (Å²) in [5, 5.41) is 0.656. The first-order valence-electron chi connectivity index (χ1n) is 5.25. The minimum atomic E-state index is -0.226. The van der Waals surface area contributed by atoms with Crippen LogP contribution in [0.2, 0.25) is 5.02 Å². The number of carbonyl (C=O) groups is 1. The molecule has 0 aliphatic heterocycles. The molecular formula is C12H16ClNO2S. The number of nitrogen functional groups attached to an aromatic ring is 1. The van der Waals surface area contributed by atoms with E-state index in [0.717, 1.165) is 4.90 Å². The maximum atomic E-state index is 11.4. The Balaban J connectivity index is 2.81. The Morgan fingerprint density at radius 3 is 2.65 bits per heavy atom. The quantitative estimate of drug-likeness (QED) is 0.520. The summed E-state index contributed by atoms with van der Waals surface area (Å²) in [6.45, 7) is 3.78. The zero-order valence-electron chi connectivity index (χ0n) is 10.1. The van der Waals surface area contributed by atoms with Gasteiger partial charge in [0.25, 0.3) is 0 Å². The van der Waals surface area contributed by atoms with Gasteiger partial charge in [0.2, 0.25) is 0 Å². The van der Waals surface area contributed by atoms with Crippen LogP contribution < -0.4 is 5.73 Å². The van der Waals surface area contributed by atoms with Crippen LogP contribution in [0.25, 0.3) is 0 Å². The zero-order valence-corrected chi connectivity index (χ0v) is 11.6. The van der Waals surface area contributed by atoms with Gasteiger partial charge >= 0.3 is 5.97 Å². The molecule has 5 heteroatoms. The number of rotatable bonds is 4. The van der Waals surface area contributed by atoms with E-state index >= 15 is 0 Å². The molecule has 2 atom stereocenters. The van der Waals surface area contributed by atoms with Gasteiger partial charge in [0, 0.05) is 15.8 Å². The molecule has 0 aliphatic carbocycles. The Hall–Kier alpha value is -0.870. The van der Waals surface area contributed by atoms with Crippen molar-refractivity contribution in [1.29, 1.82) is 0 Å². The van der Waals surface area contributed by atoms with Crippen LogP contribution in [0.5, 0.6) is 0 Å². The largest absolute Gasteiger partial charge is 0.469 e. The standard InChI is InChI=1S/C12H16ClNO2S/c1-7(12(15)16-3)8(2)17-11-9(13)5-4-6-10(11)14/h4-8H,14H2,1-3H3. The van der Waals surface area contributed by atoms with Crippen LogP contribution in [-0.4, -0.2) is 18.3 Å². The van der Waals surface area contributed by atoms with Crippen LogP contribution in [0.3, 0.4) is 0 Å². The van der Waals surface area contributed by atoms with E-state index in [1.54, 1.807) is 18.2 Å². The van der Waals surface area contributed by atoms with E-state index in [1.165, 1.54) is 18.9 Å². The van der Waals surface area contributed by atoms with Gasteiger partial charge in [-0.25, -0.2) is 0 Å². The Morgan fingerprint density at radius 1 is 1.47 bits per heavy atom. The predicted octanol–water partition coefficient (Wildman–Crippen LogP) is 3.21. The van der Waals surface area contributed by atoms with Gasteiger partial charge in [-0.15, -0.1) is 11.8 Å². The summed E-state index contributed by atoms with van der Waals surface area (Å²) in [6, 6.07) is 5.38. The fourth-order valence-electron chi connectivity index (χ4n) is 1.32. The SMILES string of the molecule is COC(=O)C(C)C(C)Sc1c(N)cccc1Cl. The molecule has 0 saturated carbocycles. The van der Waals surface area contributed by atoms with Crippen LogP contribution in [-0.2, 0) is 9.53 Å². The number of ether oxygens (including phenoxy) is 1. The van der Waals surface area contributed by atoms with Crippen LogP contribution >= 0.6 is 23.4 Å². The number of hydrogen-bond acceptors (Lipinski definition) is 4. The van der Waals surface area contributed by atoms with Crippen molar-refractivity contribution in [2.75, 3.05) is 12.8 Å². The van der Waals surface area contributed by atoms with Crippen molar-refractivity contribution < 1.29 is 9.53 Å². The van der Waals surface area contributed by atoms with E-state index in [4.69, 9.17) is 22.1 Å². The number of nitrogens with two attached hydrogens (primary N) is 1. The molecule has 1 aromatic rings. The minimum absolute atomic E-state index is 0.0460. The Bertz CT molecular complexity index is 391. The summed E-state index contributed by atoms with van der Waals surface area (Å²) in [4.78, 5) is 12.2. The second-order valence-electron chi connectivity index (χ2n) is 3.79. The van der Waals surface area contributed by atoms with Crippen molar-refractivity contribution in [3.05, 3.63) is 23.2 Å². The van der Waals surface area contributed by atoms with Crippen LogP contribution in [0.1, 0.15) is 13.8 Å². The van der Waals surface area contributed by atoms with E-state index in [1.807, 2.05) is 13.8 Å². The second-order valence-corrected chi connectivity index (χ2v) is 5.59. The molecule has 0 amide bonds. The van der Waals surface area contributed by atoms with Gasteiger partial charge < -0.3 is 10.5 Å². The number of methoxy groups -OCH3 is 1. The molecule has 0 heterocycles. The summed E-state index contributed by atoms with van der Waals surface area (Å²) in [5.74, 6) is -0.434. The van der Waals surface area contributed by atoms with Gasteiger partial charge in [-0.1, -0.05) is 31.5 Å². The minimum Gasteiger partial charge on any atom is -0.469 e. The van der Waals surface area contributed by atoms with Crippen LogP contribution in [0.4, 0.5) is 5.69 Å². The molecule has 2 N–H and O–H groups in total. The molecule has 0 saturated heterocycles. The van der Waals surface area contributed by atoms with Gasteiger partial charge in [-0.2, -0.15) is 0 Å². The maximum Gasteiger partial charge on any atom is 0.309 e. The summed E-state index contributed by atoms with van der Waals surface area (Å²) in [5.41, 5.74) is 6.49. The van der Waals surface area contributed by atoms with E-state index in [9.17, 15) is 4.79 Å².